The number of hydrogen-bond acceptors (Lipinski definition) is 9. The van der Waals surface area contributed by atoms with Crippen molar-refractivity contribution in [2.45, 2.75) is 126 Å². The van der Waals surface area contributed by atoms with E-state index in [1.807, 2.05) is 6.92 Å². The SMILES string of the molecule is CCOc1cc(OC2C[C@H]3C(=O)N[C@]4(P(=O)(O)Cc5c(F)cccc5F)C[C@H]4CCCCCCC[C@H](NC(=O)OC4CCCC4)C(=O)N3C2)c2ccc(OC)c(Br)c2n1. The first-order valence-corrected chi connectivity index (χ1v) is 23.3. The molecule has 0 radical (unpaired) electrons. The fraction of sp³-hybridized carbons (Fsp3) is 0.571. The number of alkyl carbamates (subject to hydrolysis) is 1. The van der Waals surface area contributed by atoms with Crippen LogP contribution >= 0.6 is 23.3 Å². The van der Waals surface area contributed by atoms with Crippen LogP contribution in [-0.4, -0.2) is 82.5 Å². The van der Waals surface area contributed by atoms with Crippen molar-refractivity contribution in [3.05, 3.63) is 58.1 Å². The van der Waals surface area contributed by atoms with Crippen LogP contribution in [0.25, 0.3) is 10.9 Å². The Morgan fingerprint density at radius 2 is 1.71 bits per heavy atom. The molecule has 59 heavy (non-hydrogen) atoms. The maximum atomic E-state index is 14.9. The molecule has 1 aromatic heterocycles. The Balaban J connectivity index is 1.22. The quantitative estimate of drug-likeness (QED) is 0.169. The molecule has 2 saturated carbocycles. The first-order chi connectivity index (χ1) is 28.3. The molecule has 2 unspecified atom stereocenters. The molecule has 2 aliphatic carbocycles. The van der Waals surface area contributed by atoms with E-state index in [2.05, 4.69) is 31.5 Å². The second-order valence-electron chi connectivity index (χ2n) is 16.1. The van der Waals surface area contributed by atoms with Crippen molar-refractivity contribution in [1.82, 2.24) is 20.5 Å². The van der Waals surface area contributed by atoms with Gasteiger partial charge in [-0.1, -0.05) is 38.2 Å². The molecule has 2 aromatic carbocycles. The lowest BCUT2D eigenvalue weighted by atomic mass is 10.0. The van der Waals surface area contributed by atoms with Crippen molar-refractivity contribution < 1.29 is 51.6 Å². The molecule has 6 atom stereocenters. The van der Waals surface area contributed by atoms with Crippen LogP contribution in [0, 0.1) is 17.6 Å². The fourth-order valence-corrected chi connectivity index (χ4v) is 12.0. The minimum Gasteiger partial charge on any atom is -0.495 e. The fourth-order valence-electron chi connectivity index (χ4n) is 8.94. The first kappa shape index (κ1) is 43.1. The van der Waals surface area contributed by atoms with Gasteiger partial charge in [0.2, 0.25) is 25.1 Å². The van der Waals surface area contributed by atoms with E-state index < -0.39 is 78.0 Å². The average molecular weight is 906 g/mol. The highest BCUT2D eigenvalue weighted by Gasteiger charge is 2.66. The van der Waals surface area contributed by atoms with Gasteiger partial charge in [-0.15, -0.1) is 0 Å². The molecule has 3 aromatic rings. The van der Waals surface area contributed by atoms with Gasteiger partial charge in [-0.25, -0.2) is 18.6 Å². The van der Waals surface area contributed by atoms with Crippen LogP contribution in [0.4, 0.5) is 13.6 Å². The van der Waals surface area contributed by atoms with Crippen molar-refractivity contribution in [3.63, 3.8) is 0 Å². The van der Waals surface area contributed by atoms with E-state index in [0.717, 1.165) is 57.1 Å². The Bertz CT molecular complexity index is 2090. The topological polar surface area (TPSA) is 166 Å². The van der Waals surface area contributed by atoms with E-state index >= 15 is 0 Å². The molecule has 4 fully saturated rings. The number of hydrogen-bond donors (Lipinski definition) is 3. The highest BCUT2D eigenvalue weighted by Crippen LogP contribution is 2.71. The normalized spacial score (nSPS) is 26.4. The number of ether oxygens (including phenoxy) is 4. The summed E-state index contributed by atoms with van der Waals surface area (Å²) < 4.78 is 68.3. The molecule has 13 nitrogen and oxygen atoms in total. The second-order valence-corrected chi connectivity index (χ2v) is 19.4. The Kier molecular flexibility index (Phi) is 13.4. The number of amides is 3. The molecule has 3 amide bonds. The average Bonchev–Trinajstić information content (AvgIpc) is 3.47. The van der Waals surface area contributed by atoms with Crippen molar-refractivity contribution >= 4 is 52.1 Å². The van der Waals surface area contributed by atoms with Crippen LogP contribution in [-0.2, 0) is 25.1 Å². The number of benzene rings is 2. The molecule has 4 aliphatic rings. The predicted octanol–water partition coefficient (Wildman–Crippen LogP) is 8.12. The third-order valence-corrected chi connectivity index (χ3v) is 15.6. The number of nitrogens with one attached hydrogen (secondary N) is 2. The van der Waals surface area contributed by atoms with Gasteiger partial charge in [-0.05, 0) is 98.0 Å². The number of fused-ring (bicyclic) bond motifs is 3. The molecule has 320 valence electrons. The zero-order valence-corrected chi connectivity index (χ0v) is 35.8. The third-order valence-electron chi connectivity index (χ3n) is 12.2. The Morgan fingerprint density at radius 1 is 1.02 bits per heavy atom. The van der Waals surface area contributed by atoms with Crippen LogP contribution in [0.15, 0.2) is 40.9 Å². The molecular formula is C42H52BrF2N4O9P. The molecule has 7 rings (SSSR count). The summed E-state index contributed by atoms with van der Waals surface area (Å²) >= 11 is 3.58. The van der Waals surface area contributed by atoms with Crippen LogP contribution in [0.2, 0.25) is 0 Å². The van der Waals surface area contributed by atoms with Gasteiger partial charge in [-0.3, -0.25) is 14.2 Å². The highest BCUT2D eigenvalue weighted by molar-refractivity contribution is 9.10. The van der Waals surface area contributed by atoms with E-state index in [9.17, 15) is 32.6 Å². The van der Waals surface area contributed by atoms with Crippen molar-refractivity contribution in [2.75, 3.05) is 20.3 Å². The summed E-state index contributed by atoms with van der Waals surface area (Å²) in [6, 6.07) is 6.21. The number of carbonyl (C=O) groups excluding carboxylic acids is 3. The van der Waals surface area contributed by atoms with Crippen LogP contribution in [0.1, 0.15) is 96.0 Å². The summed E-state index contributed by atoms with van der Waals surface area (Å²) in [6.45, 7) is 2.08. The molecule has 17 heteroatoms. The molecule has 3 heterocycles. The van der Waals surface area contributed by atoms with Gasteiger partial charge in [0.25, 0.3) is 0 Å². The van der Waals surface area contributed by atoms with Gasteiger partial charge < -0.3 is 39.4 Å². The van der Waals surface area contributed by atoms with Gasteiger partial charge in [0.15, 0.2) is 0 Å². The van der Waals surface area contributed by atoms with E-state index in [-0.39, 0.29) is 31.4 Å². The zero-order valence-electron chi connectivity index (χ0n) is 33.4. The van der Waals surface area contributed by atoms with Crippen LogP contribution < -0.4 is 24.8 Å². The largest absolute Gasteiger partial charge is 0.495 e. The van der Waals surface area contributed by atoms with Crippen molar-refractivity contribution in [2.24, 2.45) is 5.92 Å². The van der Waals surface area contributed by atoms with Crippen LogP contribution in [0.5, 0.6) is 17.4 Å². The van der Waals surface area contributed by atoms with Gasteiger partial charge in [0, 0.05) is 23.4 Å². The third kappa shape index (κ3) is 9.34. The van der Waals surface area contributed by atoms with E-state index in [4.69, 9.17) is 18.9 Å². The van der Waals surface area contributed by atoms with Gasteiger partial charge >= 0.3 is 6.09 Å². The minimum atomic E-state index is -4.53. The number of nitrogens with zero attached hydrogens (tertiary/aromatic N) is 2. The smallest absolute Gasteiger partial charge is 0.408 e. The van der Waals surface area contributed by atoms with E-state index in [1.54, 1.807) is 18.2 Å². The van der Waals surface area contributed by atoms with Gasteiger partial charge in [-0.2, -0.15) is 0 Å². The first-order valence-electron chi connectivity index (χ1n) is 20.6. The van der Waals surface area contributed by atoms with Gasteiger partial charge in [0.1, 0.15) is 52.7 Å². The maximum absolute atomic E-state index is 14.9. The molecule has 3 N–H and O–H groups in total. The summed E-state index contributed by atoms with van der Waals surface area (Å²) in [4.78, 5) is 60.4. The molecular weight excluding hydrogens is 853 g/mol. The maximum Gasteiger partial charge on any atom is 0.408 e. The Morgan fingerprint density at radius 3 is 2.42 bits per heavy atom. The predicted molar refractivity (Wildman–Crippen MR) is 219 cm³/mol. The molecule has 2 aliphatic heterocycles. The monoisotopic (exact) mass is 904 g/mol. The summed E-state index contributed by atoms with van der Waals surface area (Å²) in [5.41, 5.74) is -0.0167. The molecule has 0 bridgehead atoms. The highest BCUT2D eigenvalue weighted by atomic mass is 79.9. The Labute approximate surface area is 350 Å². The number of rotatable bonds is 10. The zero-order chi connectivity index (χ0) is 41.9. The number of methoxy groups -OCH3 is 1. The molecule has 0 spiro atoms. The molecule has 2 saturated heterocycles. The lowest BCUT2D eigenvalue weighted by Crippen LogP contribution is -2.55. The summed E-state index contributed by atoms with van der Waals surface area (Å²) in [5.74, 6) is -2.33. The van der Waals surface area contributed by atoms with Crippen molar-refractivity contribution in [3.8, 4) is 17.4 Å². The lowest BCUT2D eigenvalue weighted by molar-refractivity contribution is -0.140. The standard InChI is InChI=1S/C42H52BrF2N4O9P/c1-3-56-36-21-35(28-18-19-34(55-2)37(43)38(28)47-36)57-27-20-33-39(50)48-42(59(53,54)24-29-30(44)15-11-16-31(29)45)22-25(42)12-7-5-4-6-8-17-32(40(51)49(33)23-27)46-41(52)58-26-13-9-10-14-26/h11,15-16,18-19,21,25-27,32-33H,3-10,12-14,17,20,22-24H2,1-2H3,(H,46,52)(H,48,50)(H,53,54)/t25-,27?,32+,33+,42+/m1/s1. The van der Waals surface area contributed by atoms with Crippen molar-refractivity contribution in [1.29, 1.82) is 0 Å². The number of aromatic nitrogens is 1. The summed E-state index contributed by atoms with van der Waals surface area (Å²) in [7, 11) is -2.99. The number of halogens is 3. The van der Waals surface area contributed by atoms with E-state index in [1.165, 1.54) is 18.1 Å². The van der Waals surface area contributed by atoms with Crippen LogP contribution in [0.3, 0.4) is 0 Å². The Hall–Kier alpha value is -4.01. The summed E-state index contributed by atoms with van der Waals surface area (Å²) in [6.07, 6.45) is 5.59. The second kappa shape index (κ2) is 18.3. The van der Waals surface area contributed by atoms with Gasteiger partial charge in [0.05, 0.1) is 36.4 Å². The number of pyridine rings is 1. The lowest BCUT2D eigenvalue weighted by Gasteiger charge is -2.31. The van der Waals surface area contributed by atoms with E-state index in [0.29, 0.717) is 59.2 Å². The summed E-state index contributed by atoms with van der Waals surface area (Å²) in [5, 5.41) is 4.64. The minimum absolute atomic E-state index is 0.0136. The number of carbonyl (C=O) groups is 3.